The first kappa shape index (κ1) is 14.1. The van der Waals surface area contributed by atoms with Crippen molar-refractivity contribution in [1.82, 2.24) is 25.4 Å². The number of fused-ring (bicyclic) bond motifs is 1. The average molecular weight is 324 g/mol. The van der Waals surface area contributed by atoms with Crippen LogP contribution in [0.4, 0.5) is 0 Å². The second-order valence-electron chi connectivity index (χ2n) is 5.36. The molecular formula is C17H14ClN5. The zero-order valence-corrected chi connectivity index (χ0v) is 13.2. The first-order chi connectivity index (χ1) is 11.2. The molecule has 0 spiro atoms. The van der Waals surface area contributed by atoms with Gasteiger partial charge in [0.2, 0.25) is 0 Å². The third-order valence-electron chi connectivity index (χ3n) is 3.90. The summed E-state index contributed by atoms with van der Waals surface area (Å²) in [5.41, 5.74) is 9.32. The number of pyridine rings is 3. The summed E-state index contributed by atoms with van der Waals surface area (Å²) >= 11 is 6.00. The molecule has 5 nitrogen and oxygen atoms in total. The van der Waals surface area contributed by atoms with Crippen LogP contribution in [0, 0.1) is 0 Å². The molecule has 0 aromatic carbocycles. The summed E-state index contributed by atoms with van der Waals surface area (Å²) in [6.07, 6.45) is 5.52. The van der Waals surface area contributed by atoms with Gasteiger partial charge in [-0.05, 0) is 30.3 Å². The van der Waals surface area contributed by atoms with E-state index in [1.54, 1.807) is 12.3 Å². The van der Waals surface area contributed by atoms with E-state index in [-0.39, 0.29) is 0 Å². The summed E-state index contributed by atoms with van der Waals surface area (Å²) in [7, 11) is 2.00. The lowest BCUT2D eigenvalue weighted by molar-refractivity contribution is 0.392. The SMILES string of the molecule is CN1NCC(c2cnc3ccc(Cl)nc3c2)=C1c1cccnc1. The van der Waals surface area contributed by atoms with Crippen molar-refractivity contribution in [3.05, 3.63) is 65.2 Å². The minimum absolute atomic E-state index is 0.472. The second-order valence-corrected chi connectivity index (χ2v) is 5.75. The molecule has 0 unspecified atom stereocenters. The predicted octanol–water partition coefficient (Wildman–Crippen LogP) is 3.00. The maximum atomic E-state index is 6.00. The van der Waals surface area contributed by atoms with E-state index in [9.17, 15) is 0 Å². The Morgan fingerprint density at radius 1 is 1.13 bits per heavy atom. The van der Waals surface area contributed by atoms with Gasteiger partial charge >= 0.3 is 0 Å². The number of nitrogens with one attached hydrogen (secondary N) is 1. The van der Waals surface area contributed by atoms with E-state index in [1.165, 1.54) is 0 Å². The van der Waals surface area contributed by atoms with Gasteiger partial charge in [0, 0.05) is 48.9 Å². The summed E-state index contributed by atoms with van der Waals surface area (Å²) in [5.74, 6) is 0. The highest BCUT2D eigenvalue weighted by Crippen LogP contribution is 2.31. The molecule has 114 valence electrons. The number of nitrogens with zero attached hydrogens (tertiary/aromatic N) is 4. The summed E-state index contributed by atoms with van der Waals surface area (Å²) in [4.78, 5) is 13.1. The third-order valence-corrected chi connectivity index (χ3v) is 4.11. The zero-order chi connectivity index (χ0) is 15.8. The minimum Gasteiger partial charge on any atom is -0.310 e. The van der Waals surface area contributed by atoms with Gasteiger partial charge < -0.3 is 5.01 Å². The van der Waals surface area contributed by atoms with Crippen LogP contribution in [0.3, 0.4) is 0 Å². The molecular weight excluding hydrogens is 310 g/mol. The van der Waals surface area contributed by atoms with Crippen molar-refractivity contribution in [1.29, 1.82) is 0 Å². The summed E-state index contributed by atoms with van der Waals surface area (Å²) in [5, 5.41) is 2.49. The topological polar surface area (TPSA) is 53.9 Å². The van der Waals surface area contributed by atoms with Crippen molar-refractivity contribution in [2.24, 2.45) is 0 Å². The van der Waals surface area contributed by atoms with E-state index < -0.39 is 0 Å². The molecule has 23 heavy (non-hydrogen) atoms. The first-order valence-electron chi connectivity index (χ1n) is 7.26. The van der Waals surface area contributed by atoms with Crippen molar-refractivity contribution >= 4 is 33.9 Å². The van der Waals surface area contributed by atoms with Gasteiger partial charge in [-0.15, -0.1) is 0 Å². The zero-order valence-electron chi connectivity index (χ0n) is 12.5. The highest BCUT2D eigenvalue weighted by Gasteiger charge is 2.22. The van der Waals surface area contributed by atoms with Gasteiger partial charge in [-0.25, -0.2) is 10.4 Å². The normalized spacial score (nSPS) is 14.8. The van der Waals surface area contributed by atoms with Crippen LogP contribution in [0.25, 0.3) is 22.3 Å². The Balaban J connectivity index is 1.89. The van der Waals surface area contributed by atoms with Crippen molar-refractivity contribution in [3.63, 3.8) is 0 Å². The largest absolute Gasteiger partial charge is 0.310 e. The Bertz CT molecular complexity index is 907. The van der Waals surface area contributed by atoms with E-state index in [0.29, 0.717) is 5.15 Å². The fourth-order valence-corrected chi connectivity index (χ4v) is 2.97. The van der Waals surface area contributed by atoms with Gasteiger partial charge in [0.05, 0.1) is 16.7 Å². The molecule has 0 saturated carbocycles. The average Bonchev–Trinajstić information content (AvgIpc) is 2.96. The Labute approximate surface area is 138 Å². The van der Waals surface area contributed by atoms with Crippen LogP contribution in [0.1, 0.15) is 11.1 Å². The second kappa shape index (κ2) is 5.61. The Hall–Kier alpha value is -2.50. The summed E-state index contributed by atoms with van der Waals surface area (Å²) < 4.78 is 0. The Morgan fingerprint density at radius 2 is 2.04 bits per heavy atom. The molecule has 0 saturated heterocycles. The molecule has 4 rings (SSSR count). The monoisotopic (exact) mass is 323 g/mol. The van der Waals surface area contributed by atoms with Crippen LogP contribution in [0.15, 0.2) is 48.9 Å². The van der Waals surface area contributed by atoms with Crippen LogP contribution in [-0.2, 0) is 0 Å². The molecule has 4 heterocycles. The lowest BCUT2D eigenvalue weighted by Gasteiger charge is -2.16. The molecule has 3 aromatic rings. The number of halogens is 1. The van der Waals surface area contributed by atoms with Crippen LogP contribution in [-0.4, -0.2) is 33.6 Å². The van der Waals surface area contributed by atoms with Gasteiger partial charge in [-0.3, -0.25) is 9.97 Å². The molecule has 1 aliphatic rings. The van der Waals surface area contributed by atoms with Crippen LogP contribution >= 0.6 is 11.6 Å². The van der Waals surface area contributed by atoms with Gasteiger partial charge in [0.15, 0.2) is 0 Å². The molecule has 0 atom stereocenters. The number of rotatable bonds is 2. The number of aromatic nitrogens is 3. The van der Waals surface area contributed by atoms with Crippen LogP contribution < -0.4 is 5.43 Å². The summed E-state index contributed by atoms with van der Waals surface area (Å²) in [6, 6.07) is 9.65. The third kappa shape index (κ3) is 2.54. The molecule has 1 aliphatic heterocycles. The fraction of sp³-hybridized carbons (Fsp3) is 0.118. The smallest absolute Gasteiger partial charge is 0.129 e. The van der Waals surface area contributed by atoms with E-state index >= 15 is 0 Å². The number of hydrogen-bond acceptors (Lipinski definition) is 5. The molecule has 1 N–H and O–H groups in total. The van der Waals surface area contributed by atoms with Crippen molar-refractivity contribution in [3.8, 4) is 0 Å². The first-order valence-corrected chi connectivity index (χ1v) is 7.63. The molecule has 3 aromatic heterocycles. The molecule has 0 radical (unpaired) electrons. The van der Waals surface area contributed by atoms with Gasteiger partial charge in [-0.1, -0.05) is 11.6 Å². The number of hydrogen-bond donors (Lipinski definition) is 1. The molecule has 0 amide bonds. The van der Waals surface area contributed by atoms with Gasteiger partial charge in [0.1, 0.15) is 5.15 Å². The lowest BCUT2D eigenvalue weighted by atomic mass is 10.0. The van der Waals surface area contributed by atoms with Crippen molar-refractivity contribution < 1.29 is 0 Å². The van der Waals surface area contributed by atoms with Crippen molar-refractivity contribution in [2.45, 2.75) is 0 Å². The molecule has 0 bridgehead atoms. The highest BCUT2D eigenvalue weighted by molar-refractivity contribution is 6.29. The standard InChI is InChI=1S/C17H14ClN5/c1-23-17(11-3-2-6-19-8-11)13(10-21-23)12-7-15-14(20-9-12)4-5-16(18)22-15/h2-9,21H,10H2,1H3. The molecule has 0 aliphatic carbocycles. The van der Waals surface area contributed by atoms with Crippen molar-refractivity contribution in [2.75, 3.05) is 13.6 Å². The van der Waals surface area contributed by atoms with E-state index in [0.717, 1.165) is 40.0 Å². The lowest BCUT2D eigenvalue weighted by Crippen LogP contribution is -2.26. The predicted molar refractivity (Wildman–Crippen MR) is 91.4 cm³/mol. The van der Waals surface area contributed by atoms with Gasteiger partial charge in [0.25, 0.3) is 0 Å². The van der Waals surface area contributed by atoms with Crippen LogP contribution in [0.2, 0.25) is 5.15 Å². The number of hydrazine groups is 1. The molecule has 0 fully saturated rings. The van der Waals surface area contributed by atoms with Crippen LogP contribution in [0.5, 0.6) is 0 Å². The molecule has 6 heteroatoms. The Morgan fingerprint density at radius 3 is 2.87 bits per heavy atom. The Kier molecular flexibility index (Phi) is 3.44. The quantitative estimate of drug-likeness (QED) is 0.735. The maximum Gasteiger partial charge on any atom is 0.129 e. The van der Waals surface area contributed by atoms with E-state index in [4.69, 9.17) is 11.6 Å². The fourth-order valence-electron chi connectivity index (χ4n) is 2.82. The summed E-state index contributed by atoms with van der Waals surface area (Å²) in [6.45, 7) is 0.731. The highest BCUT2D eigenvalue weighted by atomic mass is 35.5. The maximum absolute atomic E-state index is 6.00. The van der Waals surface area contributed by atoms with Gasteiger partial charge in [-0.2, -0.15) is 0 Å². The van der Waals surface area contributed by atoms with E-state index in [1.807, 2.05) is 42.6 Å². The minimum atomic E-state index is 0.472. The van der Waals surface area contributed by atoms with E-state index in [2.05, 4.69) is 26.4 Å².